The standard InChI is InChI=1S/C15H19N5O/c1-5-7-12(8-16-4)20-9-13-14(18-20)17-10-19(15(13)21)11(3)6-2/h5,7-11H,1,6H2,2-4H3/b12-7+,16-8?. The van der Waals surface area contributed by atoms with E-state index in [-0.39, 0.29) is 11.6 Å². The van der Waals surface area contributed by atoms with Crippen molar-refractivity contribution in [2.45, 2.75) is 26.3 Å². The second kappa shape index (κ2) is 6.30. The monoisotopic (exact) mass is 285 g/mol. The van der Waals surface area contributed by atoms with E-state index in [4.69, 9.17) is 0 Å². The van der Waals surface area contributed by atoms with Crippen molar-refractivity contribution in [2.24, 2.45) is 4.99 Å². The number of aliphatic imine (C=N–C) groups is 1. The third-order valence-electron chi connectivity index (χ3n) is 3.34. The van der Waals surface area contributed by atoms with Crippen LogP contribution in [0.25, 0.3) is 16.7 Å². The molecule has 0 spiro atoms. The Morgan fingerprint density at radius 1 is 1.57 bits per heavy atom. The van der Waals surface area contributed by atoms with Crippen molar-refractivity contribution in [1.29, 1.82) is 0 Å². The van der Waals surface area contributed by atoms with Gasteiger partial charge in [0.2, 0.25) is 0 Å². The highest BCUT2D eigenvalue weighted by molar-refractivity contribution is 6.02. The third kappa shape index (κ3) is 2.84. The maximum Gasteiger partial charge on any atom is 0.264 e. The molecule has 0 radical (unpaired) electrons. The minimum Gasteiger partial charge on any atom is -0.296 e. The number of hydrogen-bond donors (Lipinski definition) is 0. The molecule has 0 amide bonds. The first-order chi connectivity index (χ1) is 10.1. The number of nitrogens with zero attached hydrogens (tertiary/aromatic N) is 5. The second-order valence-corrected chi connectivity index (χ2v) is 4.74. The van der Waals surface area contributed by atoms with Crippen molar-refractivity contribution < 1.29 is 0 Å². The van der Waals surface area contributed by atoms with E-state index < -0.39 is 0 Å². The molecular formula is C15H19N5O. The molecule has 21 heavy (non-hydrogen) atoms. The molecule has 0 saturated carbocycles. The fourth-order valence-corrected chi connectivity index (χ4v) is 1.99. The molecule has 0 fully saturated rings. The molecule has 0 aliphatic rings. The number of hydrogen-bond acceptors (Lipinski definition) is 4. The van der Waals surface area contributed by atoms with Gasteiger partial charge >= 0.3 is 0 Å². The molecule has 6 heteroatoms. The fraction of sp³-hybridized carbons (Fsp3) is 0.333. The molecule has 0 saturated heterocycles. The van der Waals surface area contributed by atoms with Crippen LogP contribution in [0.5, 0.6) is 0 Å². The van der Waals surface area contributed by atoms with Crippen molar-refractivity contribution >= 4 is 22.9 Å². The lowest BCUT2D eigenvalue weighted by atomic mass is 10.2. The number of allylic oxidation sites excluding steroid dienone is 3. The maximum atomic E-state index is 12.5. The summed E-state index contributed by atoms with van der Waals surface area (Å²) >= 11 is 0. The molecule has 2 heterocycles. The van der Waals surface area contributed by atoms with E-state index in [1.807, 2.05) is 13.8 Å². The highest BCUT2D eigenvalue weighted by Gasteiger charge is 2.12. The van der Waals surface area contributed by atoms with Crippen molar-refractivity contribution in [2.75, 3.05) is 7.05 Å². The highest BCUT2D eigenvalue weighted by Crippen LogP contribution is 2.11. The summed E-state index contributed by atoms with van der Waals surface area (Å²) in [6.45, 7) is 7.69. The summed E-state index contributed by atoms with van der Waals surface area (Å²) in [6, 6.07) is 0.109. The van der Waals surface area contributed by atoms with Gasteiger partial charge in [0.05, 0.1) is 5.70 Å². The fourth-order valence-electron chi connectivity index (χ4n) is 1.99. The van der Waals surface area contributed by atoms with Gasteiger partial charge in [0.15, 0.2) is 5.65 Å². The summed E-state index contributed by atoms with van der Waals surface area (Å²) in [5.74, 6) is 0. The minimum atomic E-state index is -0.0769. The molecule has 6 nitrogen and oxygen atoms in total. The SMILES string of the molecule is C=C/C=C(\C=NC)n1cc2c(=O)n(C(C)CC)cnc2n1. The summed E-state index contributed by atoms with van der Waals surface area (Å²) in [5.41, 5.74) is 1.07. The first kappa shape index (κ1) is 14.9. The molecule has 0 aliphatic carbocycles. The largest absolute Gasteiger partial charge is 0.296 e. The van der Waals surface area contributed by atoms with Crippen LogP contribution in [0.4, 0.5) is 0 Å². The summed E-state index contributed by atoms with van der Waals surface area (Å²) in [4.78, 5) is 20.7. The number of rotatable bonds is 5. The van der Waals surface area contributed by atoms with E-state index >= 15 is 0 Å². The topological polar surface area (TPSA) is 65.1 Å². The molecule has 1 atom stereocenters. The maximum absolute atomic E-state index is 12.5. The Morgan fingerprint density at radius 2 is 2.33 bits per heavy atom. The molecule has 110 valence electrons. The van der Waals surface area contributed by atoms with Gasteiger partial charge < -0.3 is 0 Å². The Bertz CT molecular complexity index is 766. The molecule has 0 N–H and O–H groups in total. The van der Waals surface area contributed by atoms with Gasteiger partial charge in [-0.25, -0.2) is 9.67 Å². The Morgan fingerprint density at radius 3 is 2.95 bits per heavy atom. The molecule has 0 aromatic carbocycles. The van der Waals surface area contributed by atoms with E-state index in [1.165, 1.54) is 0 Å². The normalized spacial score (nSPS) is 14.0. The van der Waals surface area contributed by atoms with Crippen LogP contribution < -0.4 is 5.56 Å². The van der Waals surface area contributed by atoms with Crippen LogP contribution in [-0.4, -0.2) is 32.6 Å². The lowest BCUT2D eigenvalue weighted by molar-refractivity contribution is 0.510. The Hall–Kier alpha value is -2.50. The van der Waals surface area contributed by atoms with Gasteiger partial charge in [-0.1, -0.05) is 19.6 Å². The van der Waals surface area contributed by atoms with Gasteiger partial charge in [0.1, 0.15) is 11.7 Å². The number of fused-ring (bicyclic) bond motifs is 1. The van der Waals surface area contributed by atoms with E-state index in [0.29, 0.717) is 11.0 Å². The third-order valence-corrected chi connectivity index (χ3v) is 3.34. The van der Waals surface area contributed by atoms with Gasteiger partial charge in [-0.15, -0.1) is 5.10 Å². The number of aromatic nitrogens is 4. The first-order valence-corrected chi connectivity index (χ1v) is 6.84. The van der Waals surface area contributed by atoms with Gasteiger partial charge in [0.25, 0.3) is 5.56 Å². The molecule has 2 rings (SSSR count). The van der Waals surface area contributed by atoms with Crippen molar-refractivity contribution in [3.8, 4) is 0 Å². The summed E-state index contributed by atoms with van der Waals surface area (Å²) in [7, 11) is 1.67. The zero-order valence-electron chi connectivity index (χ0n) is 12.5. The molecule has 2 aromatic rings. The van der Waals surface area contributed by atoms with Crippen LogP contribution in [-0.2, 0) is 0 Å². The van der Waals surface area contributed by atoms with Crippen molar-refractivity contribution in [3.63, 3.8) is 0 Å². The lowest BCUT2D eigenvalue weighted by Crippen LogP contribution is -2.22. The van der Waals surface area contributed by atoms with Crippen LogP contribution in [0.2, 0.25) is 0 Å². The molecular weight excluding hydrogens is 266 g/mol. The molecule has 1 unspecified atom stereocenters. The van der Waals surface area contributed by atoms with Crippen LogP contribution in [0.3, 0.4) is 0 Å². The first-order valence-electron chi connectivity index (χ1n) is 6.84. The van der Waals surface area contributed by atoms with E-state index in [2.05, 4.69) is 21.7 Å². The van der Waals surface area contributed by atoms with Crippen molar-refractivity contribution in [3.05, 3.63) is 41.6 Å². The van der Waals surface area contributed by atoms with Crippen LogP contribution in [0, 0.1) is 0 Å². The van der Waals surface area contributed by atoms with Crippen LogP contribution in [0.15, 0.2) is 41.0 Å². The minimum absolute atomic E-state index is 0.0769. The van der Waals surface area contributed by atoms with E-state index in [0.717, 1.165) is 12.1 Å². The van der Waals surface area contributed by atoms with Gasteiger partial charge in [-0.05, 0) is 19.4 Å². The van der Waals surface area contributed by atoms with Crippen LogP contribution >= 0.6 is 0 Å². The van der Waals surface area contributed by atoms with E-state index in [1.54, 1.807) is 47.2 Å². The van der Waals surface area contributed by atoms with Crippen molar-refractivity contribution in [1.82, 2.24) is 19.3 Å². The van der Waals surface area contributed by atoms with E-state index in [9.17, 15) is 4.79 Å². The molecule has 0 aliphatic heterocycles. The summed E-state index contributed by atoms with van der Waals surface area (Å²) in [6.07, 6.45) is 9.17. The Balaban J connectivity index is 2.62. The Labute approximate surface area is 123 Å². The summed E-state index contributed by atoms with van der Waals surface area (Å²) < 4.78 is 3.23. The summed E-state index contributed by atoms with van der Waals surface area (Å²) in [5, 5.41) is 4.82. The lowest BCUT2D eigenvalue weighted by Gasteiger charge is -2.10. The molecule has 0 bridgehead atoms. The quantitative estimate of drug-likeness (QED) is 0.625. The van der Waals surface area contributed by atoms with Gasteiger partial charge in [-0.2, -0.15) is 0 Å². The second-order valence-electron chi connectivity index (χ2n) is 4.74. The Kier molecular flexibility index (Phi) is 4.47. The predicted octanol–water partition coefficient (Wildman–Crippen LogP) is 2.29. The smallest absolute Gasteiger partial charge is 0.264 e. The zero-order chi connectivity index (χ0) is 15.4. The highest BCUT2D eigenvalue weighted by atomic mass is 16.1. The van der Waals surface area contributed by atoms with Gasteiger partial charge in [-0.3, -0.25) is 14.4 Å². The van der Waals surface area contributed by atoms with Crippen LogP contribution in [0.1, 0.15) is 26.3 Å². The average molecular weight is 285 g/mol. The predicted molar refractivity (Wildman–Crippen MR) is 85.7 cm³/mol. The van der Waals surface area contributed by atoms with Gasteiger partial charge in [0, 0.05) is 25.5 Å². The molecule has 2 aromatic heterocycles. The zero-order valence-corrected chi connectivity index (χ0v) is 12.5. The average Bonchev–Trinajstić information content (AvgIpc) is 2.91.